The normalized spacial score (nSPS) is 20.2. The number of nitrogens with zero attached hydrogens (tertiary/aromatic N) is 2. The molecule has 1 aliphatic heterocycles. The number of carboxylic acid groups (broad SMARTS) is 1. The highest BCUT2D eigenvalue weighted by atomic mass is 19.3. The first-order valence-electron chi connectivity index (χ1n) is 4.96. The molecule has 1 heterocycles. The molecule has 16 heavy (non-hydrogen) atoms. The fourth-order valence-electron chi connectivity index (χ4n) is 1.76. The van der Waals surface area contributed by atoms with Crippen molar-refractivity contribution in [2.75, 3.05) is 20.1 Å². The van der Waals surface area contributed by atoms with E-state index in [2.05, 4.69) is 0 Å². The van der Waals surface area contributed by atoms with Crippen LogP contribution in [-0.2, 0) is 4.79 Å². The zero-order chi connectivity index (χ0) is 12.3. The molecule has 0 bridgehead atoms. The molecule has 5 nitrogen and oxygen atoms in total. The van der Waals surface area contributed by atoms with Gasteiger partial charge >= 0.3 is 12.0 Å². The molecule has 1 aliphatic rings. The van der Waals surface area contributed by atoms with Gasteiger partial charge in [-0.25, -0.2) is 18.4 Å². The molecule has 1 atom stereocenters. The number of rotatable bonds is 3. The van der Waals surface area contributed by atoms with Gasteiger partial charge in [-0.3, -0.25) is 0 Å². The van der Waals surface area contributed by atoms with E-state index in [9.17, 15) is 18.4 Å². The summed E-state index contributed by atoms with van der Waals surface area (Å²) < 4.78 is 24.1. The van der Waals surface area contributed by atoms with Gasteiger partial charge in [0.25, 0.3) is 6.43 Å². The monoisotopic (exact) mass is 236 g/mol. The third kappa shape index (κ3) is 2.80. The van der Waals surface area contributed by atoms with E-state index in [-0.39, 0.29) is 0 Å². The smallest absolute Gasteiger partial charge is 0.326 e. The lowest BCUT2D eigenvalue weighted by Gasteiger charge is -2.27. The Hall–Kier alpha value is -1.40. The molecule has 0 aliphatic carbocycles. The Balaban J connectivity index is 2.62. The minimum Gasteiger partial charge on any atom is -0.480 e. The van der Waals surface area contributed by atoms with Gasteiger partial charge in [0, 0.05) is 13.6 Å². The lowest BCUT2D eigenvalue weighted by atomic mass is 10.2. The zero-order valence-electron chi connectivity index (χ0n) is 8.90. The van der Waals surface area contributed by atoms with Gasteiger partial charge in [0.1, 0.15) is 6.04 Å². The zero-order valence-corrected chi connectivity index (χ0v) is 8.90. The molecular weight excluding hydrogens is 222 g/mol. The third-order valence-corrected chi connectivity index (χ3v) is 2.52. The number of carbonyl (C=O) groups is 2. The lowest BCUT2D eigenvalue weighted by Crippen LogP contribution is -2.47. The van der Waals surface area contributed by atoms with Crippen molar-refractivity contribution in [3.05, 3.63) is 0 Å². The molecule has 1 unspecified atom stereocenters. The van der Waals surface area contributed by atoms with E-state index in [1.807, 2.05) is 0 Å². The maximum Gasteiger partial charge on any atom is 0.326 e. The van der Waals surface area contributed by atoms with E-state index < -0.39 is 31.0 Å². The summed E-state index contributed by atoms with van der Waals surface area (Å²) in [6.07, 6.45) is -1.64. The molecule has 7 heteroatoms. The molecular formula is C9H14F2N2O3. The number of alkyl halides is 2. The summed E-state index contributed by atoms with van der Waals surface area (Å²) in [5.41, 5.74) is 0. The number of amides is 2. The SMILES string of the molecule is CN(CC(F)F)C(=O)N1CCCC1C(=O)O. The van der Waals surface area contributed by atoms with Crippen molar-refractivity contribution in [1.29, 1.82) is 0 Å². The van der Waals surface area contributed by atoms with Crippen molar-refractivity contribution in [2.24, 2.45) is 0 Å². The first-order valence-corrected chi connectivity index (χ1v) is 4.96. The second-order valence-corrected chi connectivity index (χ2v) is 3.74. The van der Waals surface area contributed by atoms with E-state index in [0.29, 0.717) is 19.4 Å². The maximum atomic E-state index is 12.1. The Labute approximate surface area is 91.6 Å². The summed E-state index contributed by atoms with van der Waals surface area (Å²) in [6.45, 7) is -0.370. The van der Waals surface area contributed by atoms with Crippen LogP contribution in [-0.4, -0.2) is 59.5 Å². The predicted molar refractivity (Wildman–Crippen MR) is 51.4 cm³/mol. The fraction of sp³-hybridized carbons (Fsp3) is 0.778. The summed E-state index contributed by atoms with van der Waals surface area (Å²) in [5.74, 6) is -1.09. The van der Waals surface area contributed by atoms with Crippen LogP contribution in [0.15, 0.2) is 0 Å². The van der Waals surface area contributed by atoms with Crippen molar-refractivity contribution in [1.82, 2.24) is 9.80 Å². The summed E-state index contributed by atoms with van der Waals surface area (Å²) in [5, 5.41) is 8.84. The van der Waals surface area contributed by atoms with E-state index in [1.165, 1.54) is 7.05 Å². The largest absolute Gasteiger partial charge is 0.480 e. The third-order valence-electron chi connectivity index (χ3n) is 2.52. The highest BCUT2D eigenvalue weighted by molar-refractivity contribution is 5.83. The van der Waals surface area contributed by atoms with Crippen LogP contribution in [0.5, 0.6) is 0 Å². The molecule has 1 fully saturated rings. The summed E-state index contributed by atoms with van der Waals surface area (Å²) in [7, 11) is 1.24. The van der Waals surface area contributed by atoms with Crippen molar-refractivity contribution >= 4 is 12.0 Å². The van der Waals surface area contributed by atoms with Crippen LogP contribution < -0.4 is 0 Å². The Morgan fingerprint density at radius 3 is 2.69 bits per heavy atom. The van der Waals surface area contributed by atoms with Crippen LogP contribution in [0.2, 0.25) is 0 Å². The Morgan fingerprint density at radius 1 is 1.56 bits per heavy atom. The number of urea groups is 1. The van der Waals surface area contributed by atoms with Crippen molar-refractivity contribution in [3.8, 4) is 0 Å². The van der Waals surface area contributed by atoms with Gasteiger partial charge in [-0.15, -0.1) is 0 Å². The first-order chi connectivity index (χ1) is 7.43. The highest BCUT2D eigenvalue weighted by Gasteiger charge is 2.35. The maximum absolute atomic E-state index is 12.1. The van der Waals surface area contributed by atoms with Crippen LogP contribution in [0, 0.1) is 0 Å². The van der Waals surface area contributed by atoms with Crippen LogP contribution in [0.3, 0.4) is 0 Å². The molecule has 0 aromatic heterocycles. The van der Waals surface area contributed by atoms with Gasteiger partial charge in [0.15, 0.2) is 0 Å². The molecule has 0 spiro atoms. The van der Waals surface area contributed by atoms with E-state index in [4.69, 9.17) is 5.11 Å². The first kappa shape index (κ1) is 12.7. The Bertz CT molecular complexity index is 286. The number of carboxylic acids is 1. The van der Waals surface area contributed by atoms with E-state index >= 15 is 0 Å². The minimum absolute atomic E-state index is 0.309. The molecule has 92 valence electrons. The van der Waals surface area contributed by atoms with Gasteiger partial charge in [-0.2, -0.15) is 0 Å². The number of likely N-dealkylation sites (tertiary alicyclic amines) is 1. The highest BCUT2D eigenvalue weighted by Crippen LogP contribution is 2.19. The number of hydrogen-bond acceptors (Lipinski definition) is 2. The van der Waals surface area contributed by atoms with E-state index in [0.717, 1.165) is 9.80 Å². The molecule has 1 saturated heterocycles. The molecule has 1 rings (SSSR count). The standard InChI is InChI=1S/C9H14F2N2O3/c1-12(5-7(10)11)9(16)13-4-2-3-6(13)8(14)15/h6-7H,2-5H2,1H3,(H,14,15). The molecule has 0 saturated carbocycles. The second kappa shape index (κ2) is 5.09. The Morgan fingerprint density at radius 2 is 2.19 bits per heavy atom. The Kier molecular flexibility index (Phi) is 4.03. The number of aliphatic carboxylic acids is 1. The van der Waals surface area contributed by atoms with Crippen molar-refractivity contribution < 1.29 is 23.5 Å². The van der Waals surface area contributed by atoms with Gasteiger partial charge in [0.05, 0.1) is 6.54 Å². The van der Waals surface area contributed by atoms with Gasteiger partial charge < -0.3 is 14.9 Å². The topological polar surface area (TPSA) is 60.9 Å². The van der Waals surface area contributed by atoms with Crippen LogP contribution in [0.4, 0.5) is 13.6 Å². The quantitative estimate of drug-likeness (QED) is 0.790. The number of carbonyl (C=O) groups excluding carboxylic acids is 1. The van der Waals surface area contributed by atoms with E-state index in [1.54, 1.807) is 0 Å². The predicted octanol–water partition coefficient (Wildman–Crippen LogP) is 0.852. The molecule has 2 amide bonds. The van der Waals surface area contributed by atoms with Crippen LogP contribution in [0.25, 0.3) is 0 Å². The average molecular weight is 236 g/mol. The van der Waals surface area contributed by atoms with Crippen LogP contribution >= 0.6 is 0 Å². The summed E-state index contributed by atoms with van der Waals surface area (Å²) in [6, 6.07) is -1.53. The number of halogens is 2. The average Bonchev–Trinajstić information content (AvgIpc) is 2.63. The second-order valence-electron chi connectivity index (χ2n) is 3.74. The van der Waals surface area contributed by atoms with Crippen LogP contribution in [0.1, 0.15) is 12.8 Å². The fourth-order valence-corrected chi connectivity index (χ4v) is 1.76. The minimum atomic E-state index is -2.61. The van der Waals surface area contributed by atoms with Gasteiger partial charge in [-0.1, -0.05) is 0 Å². The lowest BCUT2D eigenvalue weighted by molar-refractivity contribution is -0.141. The van der Waals surface area contributed by atoms with Crippen molar-refractivity contribution in [3.63, 3.8) is 0 Å². The van der Waals surface area contributed by atoms with Gasteiger partial charge in [-0.05, 0) is 12.8 Å². The molecule has 1 N–H and O–H groups in total. The van der Waals surface area contributed by atoms with Crippen molar-refractivity contribution in [2.45, 2.75) is 25.3 Å². The summed E-state index contributed by atoms with van der Waals surface area (Å²) >= 11 is 0. The van der Waals surface area contributed by atoms with Gasteiger partial charge in [0.2, 0.25) is 0 Å². The number of hydrogen-bond donors (Lipinski definition) is 1. The molecule has 0 aromatic carbocycles. The molecule has 0 radical (unpaired) electrons. The molecule has 0 aromatic rings. The summed E-state index contributed by atoms with van der Waals surface area (Å²) in [4.78, 5) is 24.4.